The monoisotopic (exact) mass is 366 g/mol. The predicted octanol–water partition coefficient (Wildman–Crippen LogP) is 2.36. The number of rotatable bonds is 7. The molecule has 0 radical (unpaired) electrons. The minimum Gasteiger partial charge on any atom is -0.408 e. The van der Waals surface area contributed by atoms with Crippen LogP contribution in [0.2, 0.25) is 0 Å². The van der Waals surface area contributed by atoms with Crippen LogP contribution in [-0.4, -0.2) is 26.8 Å². The Morgan fingerprint density at radius 3 is 2.74 bits per heavy atom. The third-order valence-corrected chi connectivity index (χ3v) is 5.34. The molecule has 5 rings (SSSR count). The fourth-order valence-corrected chi connectivity index (χ4v) is 3.58. The highest BCUT2D eigenvalue weighted by Crippen LogP contribution is 2.44. The summed E-state index contributed by atoms with van der Waals surface area (Å²) in [7, 11) is 0. The van der Waals surface area contributed by atoms with E-state index >= 15 is 0 Å². The number of fused-ring (bicyclic) bond motifs is 1. The van der Waals surface area contributed by atoms with Crippen LogP contribution in [0.3, 0.4) is 0 Å². The normalized spacial score (nSPS) is 16.7. The molecule has 1 amide bonds. The van der Waals surface area contributed by atoms with Gasteiger partial charge in [-0.2, -0.15) is 5.10 Å². The number of hydrogen-bond acceptors (Lipinski definition) is 4. The minimum absolute atomic E-state index is 0.0439. The first kappa shape index (κ1) is 16.4. The molecule has 0 unspecified atom stereocenters. The van der Waals surface area contributed by atoms with E-state index in [1.807, 2.05) is 6.07 Å². The molecule has 0 saturated heterocycles. The molecule has 0 atom stereocenters. The fraction of sp³-hybridized carbons (Fsp3) is 0.450. The molecular weight excluding hydrogens is 344 g/mol. The summed E-state index contributed by atoms with van der Waals surface area (Å²) < 4.78 is 8.59. The molecule has 1 N–H and O–H groups in total. The Labute approximate surface area is 156 Å². The van der Waals surface area contributed by atoms with Gasteiger partial charge in [0.25, 0.3) is 0 Å². The Kier molecular flexibility index (Phi) is 3.88. The lowest BCUT2D eigenvalue weighted by atomic mass is 10.2. The first-order valence-corrected chi connectivity index (χ1v) is 9.62. The number of oxazole rings is 1. The zero-order valence-electron chi connectivity index (χ0n) is 15.1. The van der Waals surface area contributed by atoms with E-state index in [2.05, 4.69) is 16.1 Å². The second-order valence-corrected chi connectivity index (χ2v) is 7.54. The molecule has 7 nitrogen and oxygen atoms in total. The summed E-state index contributed by atoms with van der Waals surface area (Å²) in [5.41, 5.74) is 3.64. The van der Waals surface area contributed by atoms with Gasteiger partial charge >= 0.3 is 5.76 Å². The molecular formula is C20H22N4O3. The second-order valence-electron chi connectivity index (χ2n) is 7.54. The van der Waals surface area contributed by atoms with Crippen molar-refractivity contribution < 1.29 is 9.21 Å². The summed E-state index contributed by atoms with van der Waals surface area (Å²) in [5.74, 6) is 0.561. The fourth-order valence-electron chi connectivity index (χ4n) is 3.58. The first-order valence-electron chi connectivity index (χ1n) is 9.62. The van der Waals surface area contributed by atoms with Gasteiger partial charge in [-0.15, -0.1) is 0 Å². The molecule has 0 bridgehead atoms. The van der Waals surface area contributed by atoms with Crippen LogP contribution in [-0.2, 0) is 17.9 Å². The number of hydrogen-bond donors (Lipinski definition) is 1. The number of aromatic nitrogens is 3. The molecule has 3 aromatic rings. The van der Waals surface area contributed by atoms with E-state index in [1.54, 1.807) is 18.2 Å². The number of amides is 1. The predicted molar refractivity (Wildman–Crippen MR) is 99.7 cm³/mol. The highest BCUT2D eigenvalue weighted by molar-refractivity contribution is 5.79. The number of carbonyl (C=O) groups is 1. The molecule has 2 aliphatic carbocycles. The molecule has 27 heavy (non-hydrogen) atoms. The van der Waals surface area contributed by atoms with E-state index in [0.717, 1.165) is 0 Å². The van der Waals surface area contributed by atoms with Crippen molar-refractivity contribution in [3.8, 4) is 0 Å². The van der Waals surface area contributed by atoms with Crippen molar-refractivity contribution in [1.29, 1.82) is 0 Å². The zero-order chi connectivity index (χ0) is 18.4. The Morgan fingerprint density at radius 2 is 1.96 bits per heavy atom. The second kappa shape index (κ2) is 6.40. The lowest BCUT2D eigenvalue weighted by molar-refractivity contribution is -0.121. The van der Waals surface area contributed by atoms with Crippen molar-refractivity contribution in [3.63, 3.8) is 0 Å². The molecule has 2 fully saturated rings. The number of carbonyl (C=O) groups excluding carboxylic acids is 1. The Bertz CT molecular complexity index is 1050. The van der Waals surface area contributed by atoms with Crippen LogP contribution in [0.25, 0.3) is 11.1 Å². The summed E-state index contributed by atoms with van der Waals surface area (Å²) in [5, 5.41) is 7.66. The summed E-state index contributed by atoms with van der Waals surface area (Å²) >= 11 is 0. The highest BCUT2D eigenvalue weighted by Gasteiger charge is 2.32. The van der Waals surface area contributed by atoms with E-state index in [0.29, 0.717) is 36.0 Å². The Balaban J connectivity index is 1.22. The summed E-state index contributed by atoms with van der Waals surface area (Å²) in [4.78, 5) is 24.3. The van der Waals surface area contributed by atoms with E-state index in [-0.39, 0.29) is 12.5 Å². The maximum Gasteiger partial charge on any atom is 0.420 e. The van der Waals surface area contributed by atoms with Crippen LogP contribution in [0, 0.1) is 0 Å². The molecule has 2 aromatic heterocycles. The zero-order valence-corrected chi connectivity index (χ0v) is 15.1. The van der Waals surface area contributed by atoms with Crippen LogP contribution in [0.4, 0.5) is 0 Å². The van der Waals surface area contributed by atoms with E-state index < -0.39 is 5.76 Å². The lowest BCUT2D eigenvalue weighted by Gasteiger charge is -2.08. The van der Waals surface area contributed by atoms with Crippen molar-refractivity contribution >= 4 is 17.0 Å². The number of nitrogens with zero attached hydrogens (tertiary/aromatic N) is 3. The van der Waals surface area contributed by atoms with Crippen LogP contribution in [0.15, 0.2) is 39.5 Å². The van der Waals surface area contributed by atoms with Gasteiger partial charge in [-0.25, -0.2) is 4.79 Å². The lowest BCUT2D eigenvalue weighted by Crippen LogP contribution is -2.33. The van der Waals surface area contributed by atoms with E-state index in [4.69, 9.17) is 9.52 Å². The molecule has 0 spiro atoms. The molecule has 2 aliphatic rings. The first-order chi connectivity index (χ1) is 13.2. The van der Waals surface area contributed by atoms with Crippen molar-refractivity contribution in [2.75, 3.05) is 6.54 Å². The quantitative estimate of drug-likeness (QED) is 0.696. The van der Waals surface area contributed by atoms with Crippen LogP contribution < -0.4 is 11.1 Å². The van der Waals surface area contributed by atoms with Gasteiger partial charge in [0, 0.05) is 24.1 Å². The summed E-state index contributed by atoms with van der Waals surface area (Å²) in [6.07, 6.45) is 4.95. The van der Waals surface area contributed by atoms with E-state index in [1.165, 1.54) is 41.6 Å². The summed E-state index contributed by atoms with van der Waals surface area (Å²) in [6.45, 7) is 1.11. The number of para-hydroxylation sites is 2. The molecule has 7 heteroatoms. The maximum atomic E-state index is 12.3. The van der Waals surface area contributed by atoms with Crippen LogP contribution >= 0.6 is 0 Å². The van der Waals surface area contributed by atoms with Crippen molar-refractivity contribution in [2.45, 2.75) is 50.6 Å². The maximum absolute atomic E-state index is 12.3. The van der Waals surface area contributed by atoms with Crippen molar-refractivity contribution in [2.24, 2.45) is 0 Å². The standard InChI is InChI=1S/C20H22N4O3/c25-19(12-23-16-3-1-2-4-18(16)27-20(23)26)21-9-10-24-17(14-7-8-14)11-15(22-24)13-5-6-13/h1-4,11,13-14H,5-10,12H2,(H,21,25). The largest absolute Gasteiger partial charge is 0.420 e. The van der Waals surface area contributed by atoms with Gasteiger partial charge in [0.1, 0.15) is 6.54 Å². The van der Waals surface area contributed by atoms with Gasteiger partial charge in [-0.05, 0) is 43.9 Å². The van der Waals surface area contributed by atoms with Gasteiger partial charge in [-0.1, -0.05) is 12.1 Å². The summed E-state index contributed by atoms with van der Waals surface area (Å²) in [6, 6.07) is 9.37. The van der Waals surface area contributed by atoms with Gasteiger partial charge in [0.2, 0.25) is 5.91 Å². The molecule has 0 aliphatic heterocycles. The third-order valence-electron chi connectivity index (χ3n) is 5.34. The smallest absolute Gasteiger partial charge is 0.408 e. The molecule has 140 valence electrons. The van der Waals surface area contributed by atoms with E-state index in [9.17, 15) is 9.59 Å². The average molecular weight is 366 g/mol. The van der Waals surface area contributed by atoms with Gasteiger partial charge < -0.3 is 9.73 Å². The van der Waals surface area contributed by atoms with Crippen LogP contribution in [0.5, 0.6) is 0 Å². The van der Waals surface area contributed by atoms with Gasteiger partial charge in [0.05, 0.1) is 17.8 Å². The SMILES string of the molecule is O=C(Cn1c(=O)oc2ccccc21)NCCn1nc(C2CC2)cc1C1CC1. The number of benzene rings is 1. The van der Waals surface area contributed by atoms with Crippen molar-refractivity contribution in [1.82, 2.24) is 19.7 Å². The average Bonchev–Trinajstić information content (AvgIpc) is 3.59. The number of nitrogens with one attached hydrogen (secondary N) is 1. The third kappa shape index (κ3) is 3.29. The van der Waals surface area contributed by atoms with Gasteiger partial charge in [0.15, 0.2) is 5.58 Å². The highest BCUT2D eigenvalue weighted by atomic mass is 16.4. The Morgan fingerprint density at radius 1 is 1.19 bits per heavy atom. The molecule has 1 aromatic carbocycles. The minimum atomic E-state index is -0.511. The topological polar surface area (TPSA) is 82.1 Å². The molecule has 2 saturated carbocycles. The van der Waals surface area contributed by atoms with Crippen LogP contribution in [0.1, 0.15) is 48.9 Å². The van der Waals surface area contributed by atoms with Gasteiger partial charge in [-0.3, -0.25) is 14.0 Å². The van der Waals surface area contributed by atoms with Crippen molar-refractivity contribution in [3.05, 3.63) is 52.3 Å². The Hall–Kier alpha value is -2.83. The molecule has 2 heterocycles.